The Morgan fingerprint density at radius 3 is 2.56 bits per heavy atom. The van der Waals surface area contributed by atoms with Gasteiger partial charge in [-0.2, -0.15) is 0 Å². The second-order valence-corrected chi connectivity index (χ2v) is 5.20. The monoisotopic (exact) mass is 253 g/mol. The van der Waals surface area contributed by atoms with E-state index in [0.29, 0.717) is 18.5 Å². The summed E-state index contributed by atoms with van der Waals surface area (Å²) in [6.07, 6.45) is 2.78. The number of nitrogens with one attached hydrogen (secondary N) is 1. The molecule has 3 nitrogen and oxygen atoms in total. The molecule has 0 aromatic heterocycles. The van der Waals surface area contributed by atoms with Gasteiger partial charge in [-0.1, -0.05) is 24.3 Å². The van der Waals surface area contributed by atoms with Crippen molar-refractivity contribution < 1.29 is 39.5 Å². The van der Waals surface area contributed by atoms with E-state index in [1.807, 2.05) is 0 Å². The fourth-order valence-electron chi connectivity index (χ4n) is 3.19. The minimum Gasteiger partial charge on any atom is -0.550 e. The largest absolute Gasteiger partial charge is 1.00 e. The number of hydrogen-bond acceptors (Lipinski definition) is 3. The van der Waals surface area contributed by atoms with E-state index in [-0.39, 0.29) is 35.5 Å². The first-order valence-electron chi connectivity index (χ1n) is 6.25. The molecule has 0 bridgehead atoms. The summed E-state index contributed by atoms with van der Waals surface area (Å²) >= 11 is 0. The van der Waals surface area contributed by atoms with Gasteiger partial charge in [0.25, 0.3) is 0 Å². The molecule has 1 N–H and O–H groups in total. The van der Waals surface area contributed by atoms with E-state index in [0.717, 1.165) is 19.3 Å². The number of benzene rings is 1. The summed E-state index contributed by atoms with van der Waals surface area (Å²) in [5, 5.41) is 14.3. The van der Waals surface area contributed by atoms with Crippen molar-refractivity contribution in [1.29, 1.82) is 0 Å². The number of aliphatic carboxylic acids is 1. The summed E-state index contributed by atoms with van der Waals surface area (Å²) in [6.45, 7) is 0.561. The normalized spacial score (nSPS) is 29.7. The first kappa shape index (κ1) is 14.1. The molecular formula is C14H16NNaO2. The molecule has 0 saturated carbocycles. The molecule has 0 amide bonds. The maximum absolute atomic E-state index is 10.9. The first-order chi connectivity index (χ1) is 8.24. The third kappa shape index (κ3) is 2.64. The molecular weight excluding hydrogens is 237 g/mol. The molecule has 1 saturated heterocycles. The fourth-order valence-corrected chi connectivity index (χ4v) is 3.19. The Hall–Kier alpha value is -0.350. The third-order valence-corrected chi connectivity index (χ3v) is 4.16. The number of carboxylic acids is 1. The molecule has 2 aliphatic rings. The van der Waals surface area contributed by atoms with Crippen LogP contribution < -0.4 is 40.0 Å². The average molecular weight is 253 g/mol. The average Bonchev–Trinajstić information content (AvgIpc) is 2.35. The van der Waals surface area contributed by atoms with E-state index >= 15 is 0 Å². The quantitative estimate of drug-likeness (QED) is 0.548. The van der Waals surface area contributed by atoms with Crippen LogP contribution in [0, 0.1) is 11.8 Å². The second-order valence-electron chi connectivity index (χ2n) is 5.20. The van der Waals surface area contributed by atoms with Crippen LogP contribution in [0.3, 0.4) is 0 Å². The van der Waals surface area contributed by atoms with Crippen molar-refractivity contribution in [3.8, 4) is 0 Å². The summed E-state index contributed by atoms with van der Waals surface area (Å²) in [6, 6.07) is 8.92. The Bertz CT molecular complexity index is 449. The fraction of sp³-hybridized carbons (Fsp3) is 0.500. The maximum Gasteiger partial charge on any atom is 1.00 e. The number of piperidine rings is 1. The third-order valence-electron chi connectivity index (χ3n) is 4.16. The van der Waals surface area contributed by atoms with Crippen molar-refractivity contribution in [3.05, 3.63) is 35.4 Å². The number of carbonyl (C=O) groups excluding carboxylic acids is 1. The van der Waals surface area contributed by atoms with Crippen molar-refractivity contribution in [3.63, 3.8) is 0 Å². The van der Waals surface area contributed by atoms with Crippen molar-refractivity contribution in [2.45, 2.75) is 25.3 Å². The van der Waals surface area contributed by atoms with Gasteiger partial charge in [0.05, 0.1) is 0 Å². The topological polar surface area (TPSA) is 52.2 Å². The van der Waals surface area contributed by atoms with Gasteiger partial charge < -0.3 is 15.2 Å². The van der Waals surface area contributed by atoms with E-state index in [9.17, 15) is 9.90 Å². The number of rotatable bonds is 1. The van der Waals surface area contributed by atoms with Crippen LogP contribution in [0.1, 0.15) is 17.5 Å². The summed E-state index contributed by atoms with van der Waals surface area (Å²) in [5.41, 5.74) is 2.79. The molecule has 90 valence electrons. The van der Waals surface area contributed by atoms with Gasteiger partial charge in [0.1, 0.15) is 0 Å². The molecule has 3 atom stereocenters. The minimum absolute atomic E-state index is 0. The van der Waals surface area contributed by atoms with E-state index in [1.54, 1.807) is 0 Å². The van der Waals surface area contributed by atoms with Crippen LogP contribution in [0.2, 0.25) is 0 Å². The van der Waals surface area contributed by atoms with Crippen LogP contribution in [0.4, 0.5) is 0 Å². The van der Waals surface area contributed by atoms with Crippen molar-refractivity contribution >= 4 is 5.97 Å². The minimum atomic E-state index is -0.908. The molecule has 1 heterocycles. The Balaban J connectivity index is 0.00000120. The molecule has 4 heteroatoms. The Morgan fingerprint density at radius 2 is 1.89 bits per heavy atom. The van der Waals surface area contributed by atoms with Gasteiger partial charge >= 0.3 is 29.6 Å². The predicted molar refractivity (Wildman–Crippen MR) is 62.2 cm³/mol. The van der Waals surface area contributed by atoms with Gasteiger partial charge in [-0.05, 0) is 36.3 Å². The molecule has 1 aliphatic heterocycles. The summed E-state index contributed by atoms with van der Waals surface area (Å²) in [7, 11) is 0. The Kier molecular flexibility index (Phi) is 4.49. The van der Waals surface area contributed by atoms with E-state index in [2.05, 4.69) is 29.6 Å². The summed E-state index contributed by atoms with van der Waals surface area (Å²) < 4.78 is 0. The molecule has 0 radical (unpaired) electrons. The van der Waals surface area contributed by atoms with E-state index in [1.165, 1.54) is 11.1 Å². The molecule has 3 unspecified atom stereocenters. The molecule has 1 fully saturated rings. The van der Waals surface area contributed by atoms with Gasteiger partial charge in [-0.15, -0.1) is 0 Å². The zero-order chi connectivity index (χ0) is 11.8. The molecule has 3 rings (SSSR count). The molecule has 1 aromatic rings. The molecule has 0 spiro atoms. The van der Waals surface area contributed by atoms with Crippen LogP contribution in [-0.2, 0) is 17.6 Å². The van der Waals surface area contributed by atoms with Crippen molar-refractivity contribution in [2.75, 3.05) is 6.54 Å². The molecule has 1 aromatic carbocycles. The van der Waals surface area contributed by atoms with Gasteiger partial charge in [0.15, 0.2) is 0 Å². The van der Waals surface area contributed by atoms with Crippen LogP contribution in [0.15, 0.2) is 24.3 Å². The van der Waals surface area contributed by atoms with Crippen molar-refractivity contribution in [1.82, 2.24) is 5.32 Å². The van der Waals surface area contributed by atoms with E-state index in [4.69, 9.17) is 0 Å². The number of hydrogen-bond donors (Lipinski definition) is 1. The van der Waals surface area contributed by atoms with Gasteiger partial charge in [0.2, 0.25) is 0 Å². The van der Waals surface area contributed by atoms with Crippen LogP contribution in [0.25, 0.3) is 0 Å². The van der Waals surface area contributed by atoms with Gasteiger partial charge in [-0.25, -0.2) is 0 Å². The summed E-state index contributed by atoms with van der Waals surface area (Å²) in [5.74, 6) is -0.780. The smallest absolute Gasteiger partial charge is 0.550 e. The van der Waals surface area contributed by atoms with Gasteiger partial charge in [0, 0.05) is 24.5 Å². The maximum atomic E-state index is 10.9. The number of fused-ring (bicyclic) bond motifs is 2. The SMILES string of the molecule is O=C([O-])C1CNC2Cc3ccccc3CC2C1.[Na+]. The predicted octanol–water partition coefficient (Wildman–Crippen LogP) is -2.87. The van der Waals surface area contributed by atoms with Crippen LogP contribution in [-0.4, -0.2) is 18.6 Å². The molecule has 1 aliphatic carbocycles. The molecule has 18 heavy (non-hydrogen) atoms. The van der Waals surface area contributed by atoms with Crippen LogP contribution >= 0.6 is 0 Å². The second kappa shape index (κ2) is 5.74. The first-order valence-corrected chi connectivity index (χ1v) is 6.25. The Labute approximate surface area is 129 Å². The number of carboxylic acid groups (broad SMARTS) is 1. The number of carbonyl (C=O) groups is 1. The zero-order valence-electron chi connectivity index (χ0n) is 10.7. The Morgan fingerprint density at radius 1 is 1.22 bits per heavy atom. The summed E-state index contributed by atoms with van der Waals surface area (Å²) in [4.78, 5) is 10.9. The van der Waals surface area contributed by atoms with Gasteiger partial charge in [-0.3, -0.25) is 0 Å². The zero-order valence-corrected chi connectivity index (χ0v) is 12.7. The standard InChI is InChI=1S/C14H17NO2.Na/c16-14(17)12-6-11-5-9-3-1-2-4-10(9)7-13(11)15-8-12;/h1-4,11-13,15H,5-8H2,(H,16,17);/q;+1/p-1. The van der Waals surface area contributed by atoms with Crippen molar-refractivity contribution in [2.24, 2.45) is 11.8 Å². The van der Waals surface area contributed by atoms with E-state index < -0.39 is 5.97 Å². The van der Waals surface area contributed by atoms with Crippen LogP contribution in [0.5, 0.6) is 0 Å².